The van der Waals surface area contributed by atoms with Crippen LogP contribution in [0, 0.1) is 0 Å². The van der Waals surface area contributed by atoms with E-state index < -0.39 is 0 Å². The zero-order valence-corrected chi connectivity index (χ0v) is 14.8. The smallest absolute Gasteiger partial charge is 0.250 e. The lowest BCUT2D eigenvalue weighted by molar-refractivity contribution is -0.115. The Bertz CT molecular complexity index is 750. The minimum atomic E-state index is -0.255. The molecule has 1 heterocycles. The van der Waals surface area contributed by atoms with Crippen molar-refractivity contribution in [2.45, 2.75) is 12.8 Å². The number of hydrogen-bond acceptors (Lipinski definition) is 3. The van der Waals surface area contributed by atoms with Gasteiger partial charge in [0, 0.05) is 30.5 Å². The van der Waals surface area contributed by atoms with Gasteiger partial charge in [-0.3, -0.25) is 10.1 Å². The van der Waals surface area contributed by atoms with E-state index in [1.165, 1.54) is 24.6 Å². The molecule has 0 atom stereocenters. The average Bonchev–Trinajstić information content (AvgIpc) is 3.16. The minimum absolute atomic E-state index is 0.255. The fourth-order valence-electron chi connectivity index (χ4n) is 2.78. The number of nitrogens with one attached hydrogen (secondary N) is 2. The van der Waals surface area contributed by atoms with Gasteiger partial charge in [-0.05, 0) is 61.0 Å². The van der Waals surface area contributed by atoms with Gasteiger partial charge < -0.3 is 10.2 Å². The molecule has 0 unspecified atom stereocenters. The van der Waals surface area contributed by atoms with Gasteiger partial charge in [-0.1, -0.05) is 30.3 Å². The second-order valence-electron chi connectivity index (χ2n) is 5.93. The predicted molar refractivity (Wildman–Crippen MR) is 108 cm³/mol. The van der Waals surface area contributed by atoms with E-state index in [0.29, 0.717) is 0 Å². The highest BCUT2D eigenvalue weighted by Crippen LogP contribution is 2.21. The Morgan fingerprint density at radius 3 is 2.36 bits per heavy atom. The van der Waals surface area contributed by atoms with Crippen molar-refractivity contribution in [3.8, 4) is 0 Å². The number of hydrogen-bond donors (Lipinski definition) is 2. The molecule has 25 heavy (non-hydrogen) atoms. The van der Waals surface area contributed by atoms with Crippen LogP contribution in [0.1, 0.15) is 18.4 Å². The molecule has 0 aliphatic carbocycles. The first-order valence-corrected chi connectivity index (χ1v) is 8.82. The van der Waals surface area contributed by atoms with Crippen molar-refractivity contribution in [2.75, 3.05) is 23.3 Å². The van der Waals surface area contributed by atoms with Crippen molar-refractivity contribution in [3.05, 3.63) is 66.2 Å². The molecule has 128 valence electrons. The normalized spacial score (nSPS) is 13.8. The summed E-state index contributed by atoms with van der Waals surface area (Å²) in [4.78, 5) is 14.3. The van der Waals surface area contributed by atoms with Crippen molar-refractivity contribution in [3.63, 3.8) is 0 Å². The van der Waals surface area contributed by atoms with Crippen molar-refractivity contribution in [1.29, 1.82) is 0 Å². The molecule has 0 saturated carbocycles. The van der Waals surface area contributed by atoms with Gasteiger partial charge in [0.15, 0.2) is 5.11 Å². The third-order valence-electron chi connectivity index (χ3n) is 4.06. The molecular weight excluding hydrogens is 330 g/mol. The van der Waals surface area contributed by atoms with Gasteiger partial charge in [0.2, 0.25) is 5.91 Å². The van der Waals surface area contributed by atoms with Crippen molar-refractivity contribution < 1.29 is 4.79 Å². The molecule has 0 aromatic heterocycles. The Morgan fingerprint density at radius 2 is 1.68 bits per heavy atom. The van der Waals surface area contributed by atoms with E-state index in [1.807, 2.05) is 42.5 Å². The largest absolute Gasteiger partial charge is 0.372 e. The lowest BCUT2D eigenvalue weighted by atomic mass is 10.2. The molecular formula is C20H21N3OS. The third-order valence-corrected chi connectivity index (χ3v) is 4.26. The van der Waals surface area contributed by atoms with Crippen LogP contribution in [0.15, 0.2) is 60.7 Å². The summed E-state index contributed by atoms with van der Waals surface area (Å²) in [5, 5.41) is 5.98. The Labute approximate surface area is 153 Å². The van der Waals surface area contributed by atoms with Gasteiger partial charge in [-0.15, -0.1) is 0 Å². The van der Waals surface area contributed by atoms with Crippen LogP contribution in [0.4, 0.5) is 11.4 Å². The Hall–Kier alpha value is -2.66. The van der Waals surface area contributed by atoms with Crippen LogP contribution in [-0.2, 0) is 4.79 Å². The van der Waals surface area contributed by atoms with E-state index in [-0.39, 0.29) is 11.0 Å². The summed E-state index contributed by atoms with van der Waals surface area (Å²) < 4.78 is 0. The molecule has 1 fully saturated rings. The van der Waals surface area contributed by atoms with Crippen LogP contribution >= 0.6 is 12.2 Å². The van der Waals surface area contributed by atoms with Crippen LogP contribution < -0.4 is 15.5 Å². The molecule has 1 saturated heterocycles. The SMILES string of the molecule is O=C(C=Cc1ccccc1)NC(=S)Nc1ccc(N2CCCC2)cc1. The van der Waals surface area contributed by atoms with Gasteiger partial charge >= 0.3 is 0 Å². The zero-order valence-electron chi connectivity index (χ0n) is 13.9. The second kappa shape index (κ2) is 8.44. The maximum absolute atomic E-state index is 11.9. The first kappa shape index (κ1) is 17.2. The molecule has 1 aliphatic heterocycles. The van der Waals surface area contributed by atoms with E-state index in [9.17, 15) is 4.79 Å². The monoisotopic (exact) mass is 351 g/mol. The summed E-state index contributed by atoms with van der Waals surface area (Å²) in [6, 6.07) is 17.8. The number of benzene rings is 2. The van der Waals surface area contributed by atoms with E-state index in [4.69, 9.17) is 12.2 Å². The molecule has 2 aromatic rings. The Kier molecular flexibility index (Phi) is 5.80. The molecule has 5 heteroatoms. The predicted octanol–water partition coefficient (Wildman–Crippen LogP) is 3.81. The molecule has 0 spiro atoms. The molecule has 1 aliphatic rings. The number of carbonyl (C=O) groups is 1. The topological polar surface area (TPSA) is 44.4 Å². The van der Waals surface area contributed by atoms with E-state index in [2.05, 4.69) is 27.7 Å². The van der Waals surface area contributed by atoms with Gasteiger partial charge in [0.25, 0.3) is 0 Å². The molecule has 4 nitrogen and oxygen atoms in total. The fraction of sp³-hybridized carbons (Fsp3) is 0.200. The number of anilines is 2. The standard InChI is InChI=1S/C20H21N3OS/c24-19(13-8-16-6-2-1-3-7-16)22-20(25)21-17-9-11-18(12-10-17)23-14-4-5-15-23/h1-3,6-13H,4-5,14-15H2,(H2,21,22,24,25). The highest BCUT2D eigenvalue weighted by molar-refractivity contribution is 7.80. The summed E-state index contributed by atoms with van der Waals surface area (Å²) in [5.41, 5.74) is 3.05. The van der Waals surface area contributed by atoms with Crippen LogP contribution in [0.25, 0.3) is 6.08 Å². The van der Waals surface area contributed by atoms with Gasteiger partial charge in [-0.25, -0.2) is 0 Å². The first-order valence-electron chi connectivity index (χ1n) is 8.41. The number of nitrogens with zero attached hydrogens (tertiary/aromatic N) is 1. The van der Waals surface area contributed by atoms with Crippen molar-refractivity contribution in [1.82, 2.24) is 5.32 Å². The Morgan fingerprint density at radius 1 is 1.00 bits per heavy atom. The highest BCUT2D eigenvalue weighted by Gasteiger charge is 2.11. The van der Waals surface area contributed by atoms with Gasteiger partial charge in [0.1, 0.15) is 0 Å². The molecule has 0 bridgehead atoms. The molecule has 1 amide bonds. The molecule has 3 rings (SSSR count). The quantitative estimate of drug-likeness (QED) is 0.649. The summed E-state index contributed by atoms with van der Waals surface area (Å²) in [5.74, 6) is -0.255. The summed E-state index contributed by atoms with van der Waals surface area (Å²) >= 11 is 5.20. The first-order chi connectivity index (χ1) is 12.2. The lowest BCUT2D eigenvalue weighted by Gasteiger charge is -2.18. The summed E-state index contributed by atoms with van der Waals surface area (Å²) in [6.45, 7) is 2.24. The maximum atomic E-state index is 11.9. The highest BCUT2D eigenvalue weighted by atomic mass is 32.1. The second-order valence-corrected chi connectivity index (χ2v) is 6.34. The van der Waals surface area contributed by atoms with Crippen LogP contribution in [-0.4, -0.2) is 24.1 Å². The molecule has 2 aromatic carbocycles. The minimum Gasteiger partial charge on any atom is -0.372 e. The number of carbonyl (C=O) groups excluding carboxylic acids is 1. The Balaban J connectivity index is 1.50. The summed E-state index contributed by atoms with van der Waals surface area (Å²) in [7, 11) is 0. The number of rotatable bonds is 4. The third kappa shape index (κ3) is 5.16. The van der Waals surface area contributed by atoms with E-state index >= 15 is 0 Å². The number of thiocarbonyl (C=S) groups is 1. The number of amides is 1. The lowest BCUT2D eigenvalue weighted by Crippen LogP contribution is -2.32. The average molecular weight is 351 g/mol. The molecule has 2 N–H and O–H groups in total. The zero-order chi connectivity index (χ0) is 17.5. The van der Waals surface area contributed by atoms with Crippen molar-refractivity contribution >= 4 is 40.7 Å². The fourth-order valence-corrected chi connectivity index (χ4v) is 3.00. The van der Waals surface area contributed by atoms with Gasteiger partial charge in [-0.2, -0.15) is 0 Å². The van der Waals surface area contributed by atoms with Crippen LogP contribution in [0.5, 0.6) is 0 Å². The van der Waals surface area contributed by atoms with E-state index in [0.717, 1.165) is 24.3 Å². The van der Waals surface area contributed by atoms with Crippen LogP contribution in [0.2, 0.25) is 0 Å². The van der Waals surface area contributed by atoms with Crippen LogP contribution in [0.3, 0.4) is 0 Å². The van der Waals surface area contributed by atoms with Crippen molar-refractivity contribution in [2.24, 2.45) is 0 Å². The maximum Gasteiger partial charge on any atom is 0.250 e. The summed E-state index contributed by atoms with van der Waals surface area (Å²) in [6.07, 6.45) is 5.74. The van der Waals surface area contributed by atoms with E-state index in [1.54, 1.807) is 6.08 Å². The molecule has 0 radical (unpaired) electrons. The van der Waals surface area contributed by atoms with Gasteiger partial charge in [0.05, 0.1) is 0 Å².